The summed E-state index contributed by atoms with van der Waals surface area (Å²) in [6.45, 7) is 10.1. The number of thiophene rings is 1. The third-order valence-electron chi connectivity index (χ3n) is 5.35. The second kappa shape index (κ2) is 9.24. The van der Waals surface area contributed by atoms with Crippen LogP contribution in [0, 0.1) is 20.8 Å². The number of ketones is 1. The molecule has 1 aliphatic rings. The maximum atomic E-state index is 13.1. The van der Waals surface area contributed by atoms with Crippen molar-refractivity contribution in [3.8, 4) is 5.75 Å². The molecule has 1 amide bonds. The second-order valence-corrected chi connectivity index (χ2v) is 8.99. The van der Waals surface area contributed by atoms with Gasteiger partial charge in [0.2, 0.25) is 0 Å². The summed E-state index contributed by atoms with van der Waals surface area (Å²) in [6, 6.07) is 5.00. The summed E-state index contributed by atoms with van der Waals surface area (Å²) in [5.41, 5.74) is 3.22. The van der Waals surface area contributed by atoms with Gasteiger partial charge in [0, 0.05) is 11.4 Å². The molecule has 1 aliphatic heterocycles. The van der Waals surface area contributed by atoms with Gasteiger partial charge in [-0.05, 0) is 68.8 Å². The smallest absolute Gasteiger partial charge is 0.295 e. The summed E-state index contributed by atoms with van der Waals surface area (Å²) in [4.78, 5) is 28.5. The van der Waals surface area contributed by atoms with Gasteiger partial charge in [0.05, 0.1) is 37.0 Å². The average molecular weight is 444 g/mol. The fourth-order valence-electron chi connectivity index (χ4n) is 3.98. The first-order valence-electron chi connectivity index (χ1n) is 10.3. The Balaban J connectivity index is 2.18. The summed E-state index contributed by atoms with van der Waals surface area (Å²) >= 11 is 1.46. The van der Waals surface area contributed by atoms with Gasteiger partial charge in [0.25, 0.3) is 11.7 Å². The third kappa shape index (κ3) is 4.38. The summed E-state index contributed by atoms with van der Waals surface area (Å²) in [5.74, 6) is -1.05. The largest absolute Gasteiger partial charge is 0.507 e. The van der Waals surface area contributed by atoms with Crippen LogP contribution in [-0.4, -0.2) is 48.1 Å². The van der Waals surface area contributed by atoms with Gasteiger partial charge in [-0.2, -0.15) is 0 Å². The highest BCUT2D eigenvalue weighted by atomic mass is 32.1. The standard InChI is InChI=1S/C24H29NO5S/c1-13(2)30-9-8-25-19(23-15(4)7-10-31-23)18(21(27)24(25)28)20(26)17-12-14(3)11-16(5)22(17)29-6/h7,10-13,19,26H,8-9H2,1-6H3/b20-18+. The highest BCUT2D eigenvalue weighted by Crippen LogP contribution is 2.44. The molecule has 1 fully saturated rings. The van der Waals surface area contributed by atoms with Gasteiger partial charge >= 0.3 is 0 Å². The van der Waals surface area contributed by atoms with Crippen LogP contribution in [0.5, 0.6) is 5.75 Å². The van der Waals surface area contributed by atoms with E-state index in [0.29, 0.717) is 17.9 Å². The molecule has 1 aromatic carbocycles. The first kappa shape index (κ1) is 23.0. The zero-order chi connectivity index (χ0) is 22.9. The fraction of sp³-hybridized carbons (Fsp3) is 0.417. The minimum Gasteiger partial charge on any atom is -0.507 e. The van der Waals surface area contributed by atoms with E-state index in [4.69, 9.17) is 9.47 Å². The molecule has 3 rings (SSSR count). The molecule has 1 unspecified atom stereocenters. The van der Waals surface area contributed by atoms with Crippen LogP contribution >= 0.6 is 11.3 Å². The van der Waals surface area contributed by atoms with Crippen molar-refractivity contribution in [1.82, 2.24) is 4.90 Å². The van der Waals surface area contributed by atoms with Crippen molar-refractivity contribution in [2.24, 2.45) is 0 Å². The molecule has 2 aromatic rings. The van der Waals surface area contributed by atoms with Crippen molar-refractivity contribution >= 4 is 28.8 Å². The van der Waals surface area contributed by atoms with Gasteiger partial charge in [-0.15, -0.1) is 11.3 Å². The van der Waals surface area contributed by atoms with Crippen LogP contribution in [0.2, 0.25) is 0 Å². The van der Waals surface area contributed by atoms with Crippen molar-refractivity contribution in [1.29, 1.82) is 0 Å². The highest BCUT2D eigenvalue weighted by Gasteiger charge is 2.47. The average Bonchev–Trinajstić information content (AvgIpc) is 3.22. The highest BCUT2D eigenvalue weighted by molar-refractivity contribution is 7.10. The van der Waals surface area contributed by atoms with E-state index >= 15 is 0 Å². The van der Waals surface area contributed by atoms with E-state index in [1.54, 1.807) is 6.07 Å². The number of Topliss-reactive ketones (excluding diaryl/α,β-unsaturated/α-hetero) is 1. The Labute approximate surface area is 187 Å². The van der Waals surface area contributed by atoms with E-state index in [1.165, 1.54) is 23.3 Å². The molecule has 0 aliphatic carbocycles. The molecule has 0 spiro atoms. The molecule has 2 heterocycles. The number of ether oxygens (including phenoxy) is 2. The Morgan fingerprint density at radius 2 is 1.90 bits per heavy atom. The van der Waals surface area contributed by atoms with Gasteiger partial charge in [-0.3, -0.25) is 9.59 Å². The molecule has 0 saturated carbocycles. The number of aliphatic hydroxyl groups is 1. The van der Waals surface area contributed by atoms with E-state index < -0.39 is 17.7 Å². The van der Waals surface area contributed by atoms with E-state index in [2.05, 4.69) is 0 Å². The molecule has 1 atom stereocenters. The lowest BCUT2D eigenvalue weighted by molar-refractivity contribution is -0.140. The minimum absolute atomic E-state index is 0.0123. The summed E-state index contributed by atoms with van der Waals surface area (Å²) in [6.07, 6.45) is 0.0123. The number of aryl methyl sites for hydroxylation is 3. The number of hydrogen-bond acceptors (Lipinski definition) is 6. The van der Waals surface area contributed by atoms with Gasteiger partial charge < -0.3 is 19.5 Å². The molecule has 1 saturated heterocycles. The molecule has 1 aromatic heterocycles. The van der Waals surface area contributed by atoms with Crippen LogP contribution in [0.15, 0.2) is 29.2 Å². The molecule has 6 nitrogen and oxygen atoms in total. The molecule has 31 heavy (non-hydrogen) atoms. The van der Waals surface area contributed by atoms with Crippen molar-refractivity contribution in [2.45, 2.75) is 46.8 Å². The lowest BCUT2D eigenvalue weighted by atomic mass is 9.96. The minimum atomic E-state index is -0.693. The molecular weight excluding hydrogens is 414 g/mol. The van der Waals surface area contributed by atoms with Crippen LogP contribution in [0.3, 0.4) is 0 Å². The Morgan fingerprint density at radius 1 is 1.19 bits per heavy atom. The Kier molecular flexibility index (Phi) is 6.86. The fourth-order valence-corrected chi connectivity index (χ4v) is 5.03. The number of carbonyl (C=O) groups is 2. The van der Waals surface area contributed by atoms with Crippen molar-refractivity contribution in [3.05, 3.63) is 56.3 Å². The van der Waals surface area contributed by atoms with Gasteiger partial charge in [-0.25, -0.2) is 0 Å². The number of aliphatic hydroxyl groups excluding tert-OH is 1. The summed E-state index contributed by atoms with van der Waals surface area (Å²) < 4.78 is 11.2. The summed E-state index contributed by atoms with van der Waals surface area (Å²) in [7, 11) is 1.52. The first-order chi connectivity index (χ1) is 14.7. The zero-order valence-corrected chi connectivity index (χ0v) is 19.6. The van der Waals surface area contributed by atoms with E-state index in [9.17, 15) is 14.7 Å². The molecular formula is C24H29NO5S. The van der Waals surface area contributed by atoms with Gasteiger partial charge in [-0.1, -0.05) is 6.07 Å². The van der Waals surface area contributed by atoms with E-state index in [1.807, 2.05) is 52.1 Å². The number of carbonyl (C=O) groups excluding carboxylic acids is 2. The molecule has 166 valence electrons. The maximum Gasteiger partial charge on any atom is 0.295 e. The first-order valence-corrected chi connectivity index (χ1v) is 11.1. The second-order valence-electron chi connectivity index (χ2n) is 8.04. The number of nitrogens with zero attached hydrogens (tertiary/aromatic N) is 1. The molecule has 7 heteroatoms. The van der Waals surface area contributed by atoms with Crippen LogP contribution < -0.4 is 4.74 Å². The van der Waals surface area contributed by atoms with Crippen LogP contribution in [0.1, 0.15) is 47.0 Å². The molecule has 0 bridgehead atoms. The number of hydrogen-bond donors (Lipinski definition) is 1. The van der Waals surface area contributed by atoms with Crippen LogP contribution in [0.25, 0.3) is 5.76 Å². The van der Waals surface area contributed by atoms with Gasteiger partial charge in [0.1, 0.15) is 11.5 Å². The summed E-state index contributed by atoms with van der Waals surface area (Å²) in [5, 5.41) is 13.3. The van der Waals surface area contributed by atoms with Crippen LogP contribution in [-0.2, 0) is 14.3 Å². The number of benzene rings is 1. The zero-order valence-electron chi connectivity index (χ0n) is 18.8. The van der Waals surface area contributed by atoms with Crippen molar-refractivity contribution in [3.63, 3.8) is 0 Å². The van der Waals surface area contributed by atoms with E-state index in [0.717, 1.165) is 21.6 Å². The predicted molar refractivity (Wildman–Crippen MR) is 122 cm³/mol. The number of likely N-dealkylation sites (tertiary alicyclic amines) is 1. The lowest BCUT2D eigenvalue weighted by Gasteiger charge is -2.25. The Bertz CT molecular complexity index is 1040. The molecule has 0 radical (unpaired) electrons. The third-order valence-corrected chi connectivity index (χ3v) is 6.42. The SMILES string of the molecule is COc1c(C)cc(C)cc1/C(O)=C1\C(=O)C(=O)N(CCOC(C)C)C1c1sccc1C. The number of amides is 1. The van der Waals surface area contributed by atoms with Crippen molar-refractivity contribution < 1.29 is 24.2 Å². The van der Waals surface area contributed by atoms with Crippen LogP contribution in [0.4, 0.5) is 0 Å². The monoisotopic (exact) mass is 443 g/mol. The van der Waals surface area contributed by atoms with E-state index in [-0.39, 0.29) is 24.0 Å². The maximum absolute atomic E-state index is 13.1. The Hall–Kier alpha value is -2.64. The lowest BCUT2D eigenvalue weighted by Crippen LogP contribution is -2.33. The Morgan fingerprint density at radius 3 is 2.48 bits per heavy atom. The predicted octanol–water partition coefficient (Wildman–Crippen LogP) is 4.53. The quantitative estimate of drug-likeness (QED) is 0.387. The van der Waals surface area contributed by atoms with Gasteiger partial charge in [0.15, 0.2) is 0 Å². The van der Waals surface area contributed by atoms with Crippen molar-refractivity contribution in [2.75, 3.05) is 20.3 Å². The number of methoxy groups -OCH3 is 1. The molecule has 1 N–H and O–H groups in total. The topological polar surface area (TPSA) is 76.1 Å². The normalized spacial score (nSPS) is 18.3. The number of rotatable bonds is 7.